The van der Waals surface area contributed by atoms with Crippen molar-refractivity contribution < 1.29 is 4.79 Å². The van der Waals surface area contributed by atoms with Crippen LogP contribution in [0.5, 0.6) is 0 Å². The SMILES string of the molecule is O=C(C=C1CCCCC1)c1cccc2cccnc12. The van der Waals surface area contributed by atoms with Gasteiger partial charge in [-0.2, -0.15) is 0 Å². The predicted molar refractivity (Wildman–Crippen MR) is 77.2 cm³/mol. The molecule has 1 saturated carbocycles. The fourth-order valence-electron chi connectivity index (χ4n) is 2.72. The number of carbonyl (C=O) groups is 1. The highest BCUT2D eigenvalue weighted by Crippen LogP contribution is 2.24. The van der Waals surface area contributed by atoms with E-state index in [1.807, 2.05) is 36.4 Å². The van der Waals surface area contributed by atoms with E-state index in [0.29, 0.717) is 0 Å². The van der Waals surface area contributed by atoms with Crippen LogP contribution in [0.2, 0.25) is 0 Å². The van der Waals surface area contributed by atoms with E-state index in [4.69, 9.17) is 0 Å². The van der Waals surface area contributed by atoms with E-state index in [0.717, 1.165) is 29.3 Å². The maximum Gasteiger partial charge on any atom is 0.187 e. The lowest BCUT2D eigenvalue weighted by molar-refractivity contribution is 0.104. The molecule has 1 heterocycles. The standard InChI is InChI=1S/C17H17NO/c19-16(12-13-6-2-1-3-7-13)15-10-4-8-14-9-5-11-18-17(14)15/h4-5,8-12H,1-3,6-7H2. The Morgan fingerprint density at radius 1 is 1.05 bits per heavy atom. The van der Waals surface area contributed by atoms with Crippen LogP contribution in [0.3, 0.4) is 0 Å². The second-order valence-electron chi connectivity index (χ2n) is 5.11. The molecule has 0 spiro atoms. The molecular formula is C17H17NO. The molecule has 0 unspecified atom stereocenters. The largest absolute Gasteiger partial charge is 0.289 e. The first kappa shape index (κ1) is 12.1. The summed E-state index contributed by atoms with van der Waals surface area (Å²) in [5, 5.41) is 1.02. The molecule has 2 nitrogen and oxygen atoms in total. The zero-order chi connectivity index (χ0) is 13.1. The molecular weight excluding hydrogens is 234 g/mol. The van der Waals surface area contributed by atoms with Crippen LogP contribution in [0.4, 0.5) is 0 Å². The molecule has 0 atom stereocenters. The maximum absolute atomic E-state index is 12.4. The lowest BCUT2D eigenvalue weighted by Gasteiger charge is -2.13. The van der Waals surface area contributed by atoms with Crippen molar-refractivity contribution in [2.45, 2.75) is 32.1 Å². The van der Waals surface area contributed by atoms with Gasteiger partial charge in [-0.25, -0.2) is 0 Å². The molecule has 3 rings (SSSR count). The Balaban J connectivity index is 1.97. The maximum atomic E-state index is 12.4. The molecule has 0 radical (unpaired) electrons. The van der Waals surface area contributed by atoms with Gasteiger partial charge in [-0.1, -0.05) is 30.2 Å². The topological polar surface area (TPSA) is 30.0 Å². The van der Waals surface area contributed by atoms with E-state index in [2.05, 4.69) is 4.98 Å². The van der Waals surface area contributed by atoms with Crippen molar-refractivity contribution in [1.82, 2.24) is 4.98 Å². The number of fused-ring (bicyclic) bond motifs is 1. The molecule has 1 fully saturated rings. The first-order valence-corrected chi connectivity index (χ1v) is 6.92. The van der Waals surface area contributed by atoms with E-state index in [9.17, 15) is 4.79 Å². The first-order valence-electron chi connectivity index (χ1n) is 6.92. The smallest absolute Gasteiger partial charge is 0.187 e. The van der Waals surface area contributed by atoms with E-state index >= 15 is 0 Å². The van der Waals surface area contributed by atoms with Gasteiger partial charge in [-0.05, 0) is 43.9 Å². The van der Waals surface area contributed by atoms with Gasteiger partial charge in [-0.15, -0.1) is 0 Å². The van der Waals surface area contributed by atoms with Crippen molar-refractivity contribution in [2.75, 3.05) is 0 Å². The van der Waals surface area contributed by atoms with Crippen LogP contribution >= 0.6 is 0 Å². The molecule has 1 aromatic carbocycles. The fourth-order valence-corrected chi connectivity index (χ4v) is 2.72. The lowest BCUT2D eigenvalue weighted by atomic mass is 9.93. The minimum absolute atomic E-state index is 0.0983. The minimum atomic E-state index is 0.0983. The Kier molecular flexibility index (Phi) is 3.41. The second kappa shape index (κ2) is 5.35. The second-order valence-corrected chi connectivity index (χ2v) is 5.11. The molecule has 1 aromatic heterocycles. The number of hydrogen-bond acceptors (Lipinski definition) is 2. The molecule has 0 aliphatic heterocycles. The van der Waals surface area contributed by atoms with Crippen LogP contribution < -0.4 is 0 Å². The molecule has 96 valence electrons. The highest BCUT2D eigenvalue weighted by atomic mass is 16.1. The Hall–Kier alpha value is -1.96. The number of rotatable bonds is 2. The van der Waals surface area contributed by atoms with Crippen LogP contribution in [-0.4, -0.2) is 10.8 Å². The number of pyridine rings is 1. The van der Waals surface area contributed by atoms with Gasteiger partial charge in [0.2, 0.25) is 0 Å². The molecule has 2 heteroatoms. The van der Waals surface area contributed by atoms with Gasteiger partial charge in [-0.3, -0.25) is 9.78 Å². The quantitative estimate of drug-likeness (QED) is 0.588. The predicted octanol–water partition coefficient (Wildman–Crippen LogP) is 4.31. The summed E-state index contributed by atoms with van der Waals surface area (Å²) >= 11 is 0. The number of nitrogens with zero attached hydrogens (tertiary/aromatic N) is 1. The van der Waals surface area contributed by atoms with Crippen LogP contribution in [-0.2, 0) is 0 Å². The average Bonchev–Trinajstić information content (AvgIpc) is 2.47. The van der Waals surface area contributed by atoms with Gasteiger partial charge in [0.15, 0.2) is 5.78 Å². The third-order valence-electron chi connectivity index (χ3n) is 3.73. The number of ketones is 1. The zero-order valence-electron chi connectivity index (χ0n) is 10.9. The molecule has 0 N–H and O–H groups in total. The van der Waals surface area contributed by atoms with E-state index in [1.54, 1.807) is 6.20 Å². The Morgan fingerprint density at radius 2 is 1.84 bits per heavy atom. The van der Waals surface area contributed by atoms with E-state index in [1.165, 1.54) is 24.8 Å². The minimum Gasteiger partial charge on any atom is -0.289 e. The monoisotopic (exact) mass is 251 g/mol. The van der Waals surface area contributed by atoms with E-state index in [-0.39, 0.29) is 5.78 Å². The fraction of sp³-hybridized carbons (Fsp3) is 0.294. The van der Waals surface area contributed by atoms with Gasteiger partial charge >= 0.3 is 0 Å². The van der Waals surface area contributed by atoms with Gasteiger partial charge in [0.25, 0.3) is 0 Å². The number of aromatic nitrogens is 1. The summed E-state index contributed by atoms with van der Waals surface area (Å²) in [5.74, 6) is 0.0983. The molecule has 0 amide bonds. The summed E-state index contributed by atoms with van der Waals surface area (Å²) in [6, 6.07) is 9.68. The Morgan fingerprint density at radius 3 is 2.68 bits per heavy atom. The highest BCUT2D eigenvalue weighted by molar-refractivity contribution is 6.12. The van der Waals surface area contributed by atoms with Gasteiger partial charge < -0.3 is 0 Å². The van der Waals surface area contributed by atoms with Crippen LogP contribution in [0.25, 0.3) is 10.9 Å². The van der Waals surface area contributed by atoms with Gasteiger partial charge in [0, 0.05) is 17.1 Å². The van der Waals surface area contributed by atoms with Crippen molar-refractivity contribution in [3.63, 3.8) is 0 Å². The molecule has 19 heavy (non-hydrogen) atoms. The summed E-state index contributed by atoms with van der Waals surface area (Å²) in [6.45, 7) is 0. The number of benzene rings is 1. The number of hydrogen-bond donors (Lipinski definition) is 0. The molecule has 2 aromatic rings. The molecule has 1 aliphatic carbocycles. The number of para-hydroxylation sites is 1. The van der Waals surface area contributed by atoms with Crippen LogP contribution in [0, 0.1) is 0 Å². The Bertz CT molecular complexity index is 629. The average molecular weight is 251 g/mol. The Labute approximate surface area is 113 Å². The molecule has 0 bridgehead atoms. The number of allylic oxidation sites excluding steroid dienone is 2. The summed E-state index contributed by atoms with van der Waals surface area (Å²) in [5.41, 5.74) is 2.82. The summed E-state index contributed by atoms with van der Waals surface area (Å²) in [6.07, 6.45) is 9.45. The van der Waals surface area contributed by atoms with Crippen molar-refractivity contribution in [2.24, 2.45) is 0 Å². The van der Waals surface area contributed by atoms with Crippen molar-refractivity contribution in [3.05, 3.63) is 53.7 Å². The summed E-state index contributed by atoms with van der Waals surface area (Å²) < 4.78 is 0. The van der Waals surface area contributed by atoms with Gasteiger partial charge in [0.1, 0.15) is 0 Å². The zero-order valence-corrected chi connectivity index (χ0v) is 10.9. The normalized spacial score (nSPS) is 15.5. The van der Waals surface area contributed by atoms with Gasteiger partial charge in [0.05, 0.1) is 5.52 Å². The van der Waals surface area contributed by atoms with Crippen molar-refractivity contribution in [1.29, 1.82) is 0 Å². The van der Waals surface area contributed by atoms with Crippen molar-refractivity contribution >= 4 is 16.7 Å². The van der Waals surface area contributed by atoms with Crippen LogP contribution in [0.1, 0.15) is 42.5 Å². The van der Waals surface area contributed by atoms with Crippen LogP contribution in [0.15, 0.2) is 48.2 Å². The molecule has 1 aliphatic rings. The highest BCUT2D eigenvalue weighted by Gasteiger charge is 2.11. The molecule has 0 saturated heterocycles. The first-order chi connectivity index (χ1) is 9.34. The number of carbonyl (C=O) groups excluding carboxylic acids is 1. The third-order valence-corrected chi connectivity index (χ3v) is 3.73. The van der Waals surface area contributed by atoms with E-state index < -0.39 is 0 Å². The lowest BCUT2D eigenvalue weighted by Crippen LogP contribution is -2.01. The third kappa shape index (κ3) is 2.58. The summed E-state index contributed by atoms with van der Waals surface area (Å²) in [7, 11) is 0. The van der Waals surface area contributed by atoms with Crippen molar-refractivity contribution in [3.8, 4) is 0 Å². The summed E-state index contributed by atoms with van der Waals surface area (Å²) in [4.78, 5) is 16.8.